The van der Waals surface area contributed by atoms with Gasteiger partial charge in [0.1, 0.15) is 5.82 Å². The second-order valence-electron chi connectivity index (χ2n) is 4.29. The van der Waals surface area contributed by atoms with Gasteiger partial charge < -0.3 is 5.73 Å². The van der Waals surface area contributed by atoms with E-state index < -0.39 is 0 Å². The van der Waals surface area contributed by atoms with Crippen molar-refractivity contribution in [1.82, 2.24) is 15.2 Å². The highest BCUT2D eigenvalue weighted by molar-refractivity contribution is 6.01. The highest BCUT2D eigenvalue weighted by Gasteiger charge is 2.32. The first kappa shape index (κ1) is 12.5. The number of amides is 2. The van der Waals surface area contributed by atoms with Gasteiger partial charge in [-0.2, -0.15) is 0 Å². The summed E-state index contributed by atoms with van der Waals surface area (Å²) < 4.78 is 0. The van der Waals surface area contributed by atoms with E-state index in [1.165, 1.54) is 0 Å². The third-order valence-corrected chi connectivity index (χ3v) is 3.04. The Morgan fingerprint density at radius 2 is 2.33 bits per heavy atom. The van der Waals surface area contributed by atoms with Crippen molar-refractivity contribution in [2.24, 2.45) is 0 Å². The Morgan fingerprint density at radius 3 is 3.00 bits per heavy atom. The van der Waals surface area contributed by atoms with Gasteiger partial charge in [-0.25, -0.2) is 4.98 Å². The molecule has 18 heavy (non-hydrogen) atoms. The average Bonchev–Trinajstić information content (AvgIpc) is 2.31. The zero-order chi connectivity index (χ0) is 13.1. The van der Waals surface area contributed by atoms with Crippen LogP contribution >= 0.6 is 0 Å². The number of pyridine rings is 1. The highest BCUT2D eigenvalue weighted by atomic mass is 16.2. The van der Waals surface area contributed by atoms with Gasteiger partial charge in [0, 0.05) is 18.3 Å². The molecule has 6 nitrogen and oxygen atoms in total. The maximum atomic E-state index is 11.7. The Hall–Kier alpha value is -1.95. The molecule has 0 radical (unpaired) electrons. The van der Waals surface area contributed by atoms with Crippen LogP contribution in [-0.4, -0.2) is 34.3 Å². The molecule has 0 bridgehead atoms. The van der Waals surface area contributed by atoms with Gasteiger partial charge in [0.05, 0.1) is 12.6 Å². The van der Waals surface area contributed by atoms with Gasteiger partial charge in [-0.15, -0.1) is 0 Å². The largest absolute Gasteiger partial charge is 0.383 e. The number of hydrogen-bond acceptors (Lipinski definition) is 5. The number of hydrogen-bond donors (Lipinski definition) is 2. The monoisotopic (exact) mass is 248 g/mol. The summed E-state index contributed by atoms with van der Waals surface area (Å²) in [6.45, 7) is 2.58. The van der Waals surface area contributed by atoms with E-state index in [1.54, 1.807) is 12.3 Å². The fraction of sp³-hybridized carbons (Fsp3) is 0.417. The molecule has 1 aromatic heterocycles. The Balaban J connectivity index is 2.18. The molecule has 1 aliphatic heterocycles. The molecule has 96 valence electrons. The fourth-order valence-corrected chi connectivity index (χ4v) is 2.13. The number of nitrogen functional groups attached to an aromatic ring is 1. The molecule has 1 fully saturated rings. The van der Waals surface area contributed by atoms with Crippen LogP contribution in [0.5, 0.6) is 0 Å². The normalized spacial score (nSPS) is 20.8. The molecule has 2 rings (SSSR count). The Labute approximate surface area is 105 Å². The lowest BCUT2D eigenvalue weighted by Gasteiger charge is -2.33. The van der Waals surface area contributed by atoms with E-state index in [0.717, 1.165) is 5.56 Å². The summed E-state index contributed by atoms with van der Waals surface area (Å²) in [5, 5.41) is 2.34. The molecule has 1 saturated heterocycles. The van der Waals surface area contributed by atoms with Crippen molar-refractivity contribution >= 4 is 17.6 Å². The van der Waals surface area contributed by atoms with Gasteiger partial charge in [0.2, 0.25) is 11.8 Å². The lowest BCUT2D eigenvalue weighted by molar-refractivity contribution is -0.140. The summed E-state index contributed by atoms with van der Waals surface area (Å²) in [4.78, 5) is 28.9. The average molecular weight is 248 g/mol. The summed E-state index contributed by atoms with van der Waals surface area (Å²) in [6.07, 6.45) is 2.27. The lowest BCUT2D eigenvalue weighted by Crippen LogP contribution is -2.57. The van der Waals surface area contributed by atoms with Gasteiger partial charge in [-0.05, 0) is 12.5 Å². The molecule has 6 heteroatoms. The smallest absolute Gasteiger partial charge is 0.243 e. The number of imide groups is 1. The van der Waals surface area contributed by atoms with Crippen molar-refractivity contribution in [3.8, 4) is 0 Å². The van der Waals surface area contributed by atoms with Crippen LogP contribution in [0.4, 0.5) is 5.82 Å². The predicted molar refractivity (Wildman–Crippen MR) is 66.3 cm³/mol. The summed E-state index contributed by atoms with van der Waals surface area (Å²) >= 11 is 0. The number of anilines is 1. The molecule has 0 saturated carbocycles. The van der Waals surface area contributed by atoms with Gasteiger partial charge in [-0.1, -0.05) is 13.0 Å². The van der Waals surface area contributed by atoms with Crippen LogP contribution in [0, 0.1) is 0 Å². The van der Waals surface area contributed by atoms with E-state index >= 15 is 0 Å². The van der Waals surface area contributed by atoms with Crippen molar-refractivity contribution in [2.45, 2.75) is 25.9 Å². The van der Waals surface area contributed by atoms with Gasteiger partial charge in [0.15, 0.2) is 0 Å². The van der Waals surface area contributed by atoms with E-state index in [1.807, 2.05) is 17.9 Å². The van der Waals surface area contributed by atoms with Gasteiger partial charge >= 0.3 is 0 Å². The number of carbonyl (C=O) groups is 2. The van der Waals surface area contributed by atoms with Gasteiger partial charge in [-0.3, -0.25) is 19.8 Å². The van der Waals surface area contributed by atoms with Crippen molar-refractivity contribution < 1.29 is 9.59 Å². The van der Waals surface area contributed by atoms with Crippen LogP contribution in [-0.2, 0) is 16.1 Å². The number of piperazine rings is 1. The molecule has 1 atom stereocenters. The standard InChI is InChI=1S/C12H16N4O2/c1-2-9-12(18)15-10(17)7-16(9)6-8-4-3-5-14-11(8)13/h3-5,9H,2,6-7H2,1H3,(H2,13,14)(H,15,17,18). The molecule has 1 unspecified atom stereocenters. The van der Waals surface area contributed by atoms with E-state index in [0.29, 0.717) is 18.8 Å². The lowest BCUT2D eigenvalue weighted by atomic mass is 10.1. The molecular weight excluding hydrogens is 232 g/mol. The summed E-state index contributed by atoms with van der Waals surface area (Å²) in [5.41, 5.74) is 6.60. The Morgan fingerprint density at radius 1 is 1.56 bits per heavy atom. The Bertz CT molecular complexity index is 475. The van der Waals surface area contributed by atoms with Gasteiger partial charge in [0.25, 0.3) is 0 Å². The number of nitrogens with two attached hydrogens (primary N) is 1. The number of nitrogens with one attached hydrogen (secondary N) is 1. The summed E-state index contributed by atoms with van der Waals surface area (Å²) in [7, 11) is 0. The molecule has 0 spiro atoms. The third-order valence-electron chi connectivity index (χ3n) is 3.04. The quantitative estimate of drug-likeness (QED) is 0.729. The van der Waals surface area contributed by atoms with Crippen LogP contribution < -0.4 is 11.1 Å². The molecule has 2 heterocycles. The van der Waals surface area contributed by atoms with Crippen molar-refractivity contribution in [1.29, 1.82) is 0 Å². The minimum atomic E-state index is -0.290. The molecule has 3 N–H and O–H groups in total. The molecule has 2 amide bonds. The second-order valence-corrected chi connectivity index (χ2v) is 4.29. The first-order chi connectivity index (χ1) is 8.61. The van der Waals surface area contributed by atoms with E-state index in [4.69, 9.17) is 5.73 Å². The van der Waals surface area contributed by atoms with Crippen molar-refractivity contribution in [3.63, 3.8) is 0 Å². The van der Waals surface area contributed by atoms with Crippen LogP contribution in [0.3, 0.4) is 0 Å². The first-order valence-electron chi connectivity index (χ1n) is 5.89. The minimum Gasteiger partial charge on any atom is -0.383 e. The Kier molecular flexibility index (Phi) is 3.57. The molecular formula is C12H16N4O2. The number of aromatic nitrogens is 1. The zero-order valence-corrected chi connectivity index (χ0v) is 10.2. The van der Waals surface area contributed by atoms with Crippen LogP contribution in [0.25, 0.3) is 0 Å². The third kappa shape index (κ3) is 2.48. The number of nitrogens with zero attached hydrogens (tertiary/aromatic N) is 2. The number of carbonyl (C=O) groups excluding carboxylic acids is 2. The second kappa shape index (κ2) is 5.14. The molecule has 0 aliphatic carbocycles. The first-order valence-corrected chi connectivity index (χ1v) is 5.89. The highest BCUT2D eigenvalue weighted by Crippen LogP contribution is 2.16. The molecule has 1 aliphatic rings. The minimum absolute atomic E-state index is 0.207. The predicted octanol–water partition coefficient (Wildman–Crippen LogP) is -0.0992. The summed E-state index contributed by atoms with van der Waals surface area (Å²) in [6, 6.07) is 3.35. The van der Waals surface area contributed by atoms with Crippen LogP contribution in [0.1, 0.15) is 18.9 Å². The van der Waals surface area contributed by atoms with Crippen molar-refractivity contribution in [2.75, 3.05) is 12.3 Å². The molecule has 1 aromatic rings. The fourth-order valence-electron chi connectivity index (χ4n) is 2.13. The zero-order valence-electron chi connectivity index (χ0n) is 10.2. The van der Waals surface area contributed by atoms with Crippen molar-refractivity contribution in [3.05, 3.63) is 23.9 Å². The van der Waals surface area contributed by atoms with E-state index in [-0.39, 0.29) is 24.4 Å². The summed E-state index contributed by atoms with van der Waals surface area (Å²) in [5.74, 6) is -0.0749. The van der Waals surface area contributed by atoms with E-state index in [9.17, 15) is 9.59 Å². The van der Waals surface area contributed by atoms with Crippen LogP contribution in [0.2, 0.25) is 0 Å². The maximum Gasteiger partial charge on any atom is 0.243 e. The SMILES string of the molecule is CCC1C(=O)NC(=O)CN1Cc1cccnc1N. The molecule has 0 aromatic carbocycles. The number of rotatable bonds is 3. The topological polar surface area (TPSA) is 88.3 Å². The maximum absolute atomic E-state index is 11.7. The van der Waals surface area contributed by atoms with Crippen LogP contribution in [0.15, 0.2) is 18.3 Å². The van der Waals surface area contributed by atoms with E-state index in [2.05, 4.69) is 10.3 Å².